The Labute approximate surface area is 75.0 Å². The molecular weight excluding hydrogens is 168 g/mol. The summed E-state index contributed by atoms with van der Waals surface area (Å²) in [7, 11) is 0. The van der Waals surface area contributed by atoms with E-state index in [1.54, 1.807) is 35.4 Å². The minimum atomic E-state index is -0.405. The highest BCUT2D eigenvalue weighted by Gasteiger charge is 2.12. The van der Waals surface area contributed by atoms with E-state index in [0.717, 1.165) is 0 Å². The van der Waals surface area contributed by atoms with Gasteiger partial charge in [0.1, 0.15) is 11.9 Å². The van der Waals surface area contributed by atoms with Gasteiger partial charge in [0, 0.05) is 12.4 Å². The first-order chi connectivity index (χ1) is 6.29. The van der Waals surface area contributed by atoms with Crippen LogP contribution >= 0.6 is 0 Å². The zero-order chi connectivity index (χ0) is 9.26. The van der Waals surface area contributed by atoms with Crippen LogP contribution in [0.3, 0.4) is 0 Å². The van der Waals surface area contributed by atoms with E-state index in [1.165, 1.54) is 0 Å². The van der Waals surface area contributed by atoms with Crippen LogP contribution in [0.15, 0.2) is 35.2 Å². The fourth-order valence-corrected chi connectivity index (χ4v) is 1.16. The molecule has 5 nitrogen and oxygen atoms in total. The van der Waals surface area contributed by atoms with Gasteiger partial charge in [-0.15, -0.1) is 0 Å². The zero-order valence-corrected chi connectivity index (χ0v) is 6.92. The number of imidazole rings is 1. The van der Waals surface area contributed by atoms with Gasteiger partial charge in [-0.05, 0) is 12.1 Å². The Balaban J connectivity index is 2.33. The van der Waals surface area contributed by atoms with Crippen molar-refractivity contribution in [2.75, 3.05) is 5.73 Å². The minimum Gasteiger partial charge on any atom is -0.466 e. The first kappa shape index (κ1) is 7.88. The molecule has 0 saturated heterocycles. The van der Waals surface area contributed by atoms with Gasteiger partial charge in [-0.1, -0.05) is 0 Å². The molecule has 2 aromatic heterocycles. The van der Waals surface area contributed by atoms with Crippen LogP contribution < -0.4 is 11.5 Å². The Kier molecular flexibility index (Phi) is 1.79. The van der Waals surface area contributed by atoms with Gasteiger partial charge in [-0.3, -0.25) is 4.57 Å². The van der Waals surface area contributed by atoms with Crippen molar-refractivity contribution in [1.82, 2.24) is 9.55 Å². The molecule has 0 amide bonds. The quantitative estimate of drug-likeness (QED) is 0.704. The van der Waals surface area contributed by atoms with Gasteiger partial charge in [-0.25, -0.2) is 4.98 Å². The summed E-state index contributed by atoms with van der Waals surface area (Å²) in [6.45, 7) is 0. The molecule has 0 fully saturated rings. The van der Waals surface area contributed by atoms with Gasteiger partial charge in [0.2, 0.25) is 5.95 Å². The highest BCUT2D eigenvalue weighted by molar-refractivity contribution is 5.20. The van der Waals surface area contributed by atoms with Crippen LogP contribution in [0.4, 0.5) is 5.95 Å². The molecule has 4 N–H and O–H groups in total. The number of rotatable bonds is 2. The van der Waals surface area contributed by atoms with E-state index in [0.29, 0.717) is 11.7 Å². The summed E-state index contributed by atoms with van der Waals surface area (Å²) in [5.74, 6) is 1.04. The molecule has 13 heavy (non-hydrogen) atoms. The second kappa shape index (κ2) is 2.95. The molecule has 2 rings (SSSR count). The van der Waals surface area contributed by atoms with E-state index < -0.39 is 6.17 Å². The third-order valence-corrected chi connectivity index (χ3v) is 1.83. The molecule has 5 heteroatoms. The molecular formula is C8H10N4O. The number of aromatic nitrogens is 2. The first-order valence-corrected chi connectivity index (χ1v) is 3.86. The molecule has 0 saturated carbocycles. The number of hydrogen-bond donors (Lipinski definition) is 2. The molecule has 0 aliphatic rings. The normalized spacial score (nSPS) is 13.0. The zero-order valence-electron chi connectivity index (χ0n) is 6.92. The highest BCUT2D eigenvalue weighted by Crippen LogP contribution is 2.15. The van der Waals surface area contributed by atoms with E-state index >= 15 is 0 Å². The fraction of sp³-hybridized carbons (Fsp3) is 0.125. The Morgan fingerprint density at radius 3 is 2.92 bits per heavy atom. The maximum Gasteiger partial charge on any atom is 0.201 e. The lowest BCUT2D eigenvalue weighted by Crippen LogP contribution is -2.20. The van der Waals surface area contributed by atoms with Crippen molar-refractivity contribution in [3.05, 3.63) is 36.5 Å². The lowest BCUT2D eigenvalue weighted by Gasteiger charge is -2.11. The van der Waals surface area contributed by atoms with Gasteiger partial charge >= 0.3 is 0 Å². The predicted molar refractivity (Wildman–Crippen MR) is 47.7 cm³/mol. The number of hydrogen-bond acceptors (Lipinski definition) is 4. The Hall–Kier alpha value is -1.75. The average molecular weight is 178 g/mol. The molecule has 1 unspecified atom stereocenters. The highest BCUT2D eigenvalue weighted by atomic mass is 16.3. The Morgan fingerprint density at radius 1 is 1.54 bits per heavy atom. The smallest absolute Gasteiger partial charge is 0.201 e. The third-order valence-electron chi connectivity index (χ3n) is 1.83. The summed E-state index contributed by atoms with van der Waals surface area (Å²) in [5, 5.41) is 0. The van der Waals surface area contributed by atoms with Crippen LogP contribution in [0, 0.1) is 0 Å². The van der Waals surface area contributed by atoms with Crippen molar-refractivity contribution in [1.29, 1.82) is 0 Å². The number of nitrogen functional groups attached to an aromatic ring is 1. The summed E-state index contributed by atoms with van der Waals surface area (Å²) in [5.41, 5.74) is 11.4. The van der Waals surface area contributed by atoms with Gasteiger partial charge in [0.05, 0.1) is 6.26 Å². The first-order valence-electron chi connectivity index (χ1n) is 3.86. The standard InChI is InChI=1S/C8H10N4O/c9-7(6-2-1-5-13-6)12-4-3-11-8(12)10/h1-5,7H,9H2,(H2,10,11). The summed E-state index contributed by atoms with van der Waals surface area (Å²) < 4.78 is 6.78. The van der Waals surface area contributed by atoms with E-state index in [-0.39, 0.29) is 0 Å². The van der Waals surface area contributed by atoms with E-state index in [9.17, 15) is 0 Å². The maximum absolute atomic E-state index is 5.86. The molecule has 68 valence electrons. The molecule has 2 heterocycles. The van der Waals surface area contributed by atoms with Crippen LogP contribution in [-0.4, -0.2) is 9.55 Å². The largest absolute Gasteiger partial charge is 0.466 e. The van der Waals surface area contributed by atoms with Crippen LogP contribution in [0.5, 0.6) is 0 Å². The molecule has 1 atom stereocenters. The van der Waals surface area contributed by atoms with E-state index in [4.69, 9.17) is 15.9 Å². The van der Waals surface area contributed by atoms with Crippen molar-refractivity contribution >= 4 is 5.95 Å². The predicted octanol–water partition coefficient (Wildman–Crippen LogP) is 0.564. The number of furan rings is 1. The fourth-order valence-electron chi connectivity index (χ4n) is 1.16. The van der Waals surface area contributed by atoms with Crippen LogP contribution in [0.25, 0.3) is 0 Å². The van der Waals surface area contributed by atoms with Crippen molar-refractivity contribution < 1.29 is 4.42 Å². The van der Waals surface area contributed by atoms with E-state index in [2.05, 4.69) is 4.98 Å². The monoisotopic (exact) mass is 178 g/mol. The molecule has 0 bridgehead atoms. The Bertz CT molecular complexity index is 379. The SMILES string of the molecule is Nc1nccn1C(N)c1ccco1. The van der Waals surface area contributed by atoms with Crippen molar-refractivity contribution in [3.8, 4) is 0 Å². The number of nitrogens with zero attached hydrogens (tertiary/aromatic N) is 2. The maximum atomic E-state index is 5.86. The molecule has 0 aliphatic heterocycles. The van der Waals surface area contributed by atoms with Crippen LogP contribution in [-0.2, 0) is 0 Å². The van der Waals surface area contributed by atoms with Gasteiger partial charge in [-0.2, -0.15) is 0 Å². The van der Waals surface area contributed by atoms with Crippen molar-refractivity contribution in [2.24, 2.45) is 5.73 Å². The topological polar surface area (TPSA) is 83.0 Å². The molecule has 0 spiro atoms. The Morgan fingerprint density at radius 2 is 2.38 bits per heavy atom. The summed E-state index contributed by atoms with van der Waals surface area (Å²) in [6, 6.07) is 3.58. The number of anilines is 1. The van der Waals surface area contributed by atoms with Gasteiger partial charge in [0.25, 0.3) is 0 Å². The van der Waals surface area contributed by atoms with Gasteiger partial charge in [0.15, 0.2) is 0 Å². The van der Waals surface area contributed by atoms with Crippen LogP contribution in [0.2, 0.25) is 0 Å². The lowest BCUT2D eigenvalue weighted by molar-refractivity contribution is 0.438. The molecule has 0 radical (unpaired) electrons. The van der Waals surface area contributed by atoms with Crippen LogP contribution in [0.1, 0.15) is 11.9 Å². The summed E-state index contributed by atoms with van der Waals surface area (Å²) >= 11 is 0. The minimum absolute atomic E-state index is 0.379. The second-order valence-corrected chi connectivity index (χ2v) is 2.65. The summed E-state index contributed by atoms with van der Waals surface area (Å²) in [4.78, 5) is 3.87. The van der Waals surface area contributed by atoms with Gasteiger partial charge < -0.3 is 15.9 Å². The number of nitrogens with two attached hydrogens (primary N) is 2. The molecule has 0 aliphatic carbocycles. The second-order valence-electron chi connectivity index (χ2n) is 2.65. The lowest BCUT2D eigenvalue weighted by atomic mass is 10.4. The van der Waals surface area contributed by atoms with E-state index in [1.807, 2.05) is 0 Å². The summed E-state index contributed by atoms with van der Waals surface area (Å²) in [6.07, 6.45) is 4.47. The molecule has 2 aromatic rings. The average Bonchev–Trinajstić information content (AvgIpc) is 2.72. The molecule has 0 aromatic carbocycles. The van der Waals surface area contributed by atoms with Crippen molar-refractivity contribution in [3.63, 3.8) is 0 Å². The third kappa shape index (κ3) is 1.29. The van der Waals surface area contributed by atoms with Crippen molar-refractivity contribution in [2.45, 2.75) is 6.17 Å².